The fourth-order valence-corrected chi connectivity index (χ4v) is 2.93. The number of hydrogen-bond acceptors (Lipinski definition) is 2. The Morgan fingerprint density at radius 1 is 1.40 bits per heavy atom. The quantitative estimate of drug-likeness (QED) is 0.791. The number of nitrogens with zero attached hydrogens (tertiary/aromatic N) is 2. The number of likely N-dealkylation sites (tertiary alicyclic amines) is 1. The minimum Gasteiger partial charge on any atom is -0.339 e. The summed E-state index contributed by atoms with van der Waals surface area (Å²) in [5.74, 6) is 0.810. The maximum absolute atomic E-state index is 12.6. The normalized spacial score (nSPS) is 19.8. The van der Waals surface area contributed by atoms with E-state index >= 15 is 0 Å². The smallest absolute Gasteiger partial charge is 0.254 e. The second kappa shape index (κ2) is 7.07. The van der Waals surface area contributed by atoms with E-state index in [2.05, 4.69) is 18.8 Å². The maximum Gasteiger partial charge on any atom is 0.254 e. The molecule has 0 bridgehead atoms. The molecule has 1 amide bonds. The van der Waals surface area contributed by atoms with E-state index in [1.54, 1.807) is 6.07 Å². The lowest BCUT2D eigenvalue weighted by atomic mass is 10.0. The van der Waals surface area contributed by atoms with Gasteiger partial charge in [0.15, 0.2) is 0 Å². The van der Waals surface area contributed by atoms with Gasteiger partial charge in [-0.1, -0.05) is 31.9 Å². The summed E-state index contributed by atoms with van der Waals surface area (Å²) < 4.78 is 0. The second-order valence-corrected chi connectivity index (χ2v) is 6.14. The molecule has 0 spiro atoms. The number of halogens is 1. The standard InChI is InChI=1S/C16H23ClN2O/c1-3-5-14-10-13(11-15(17)18-14)16(20)19-8-4-6-12(2)7-9-19/h10-12H,3-9H2,1-2H3. The Morgan fingerprint density at radius 3 is 2.95 bits per heavy atom. The van der Waals surface area contributed by atoms with Crippen LogP contribution in [0.25, 0.3) is 0 Å². The lowest BCUT2D eigenvalue weighted by Gasteiger charge is -2.21. The minimum absolute atomic E-state index is 0.0979. The second-order valence-electron chi connectivity index (χ2n) is 5.75. The largest absolute Gasteiger partial charge is 0.339 e. The van der Waals surface area contributed by atoms with E-state index in [4.69, 9.17) is 11.6 Å². The SMILES string of the molecule is CCCc1cc(C(=O)N2CCCC(C)CC2)cc(Cl)n1. The number of aryl methyl sites for hydroxylation is 1. The number of hydrogen-bond donors (Lipinski definition) is 0. The van der Waals surface area contributed by atoms with Gasteiger partial charge in [-0.15, -0.1) is 0 Å². The highest BCUT2D eigenvalue weighted by Crippen LogP contribution is 2.20. The molecule has 1 saturated heterocycles. The van der Waals surface area contributed by atoms with Crippen LogP contribution in [-0.2, 0) is 6.42 Å². The molecule has 1 aromatic rings. The van der Waals surface area contributed by atoms with Crippen LogP contribution in [0, 0.1) is 5.92 Å². The van der Waals surface area contributed by atoms with Crippen LogP contribution in [0.15, 0.2) is 12.1 Å². The Balaban J connectivity index is 2.15. The Labute approximate surface area is 126 Å². The fraction of sp³-hybridized carbons (Fsp3) is 0.625. The third-order valence-corrected chi connectivity index (χ3v) is 4.10. The van der Waals surface area contributed by atoms with Crippen LogP contribution >= 0.6 is 11.6 Å². The number of pyridine rings is 1. The van der Waals surface area contributed by atoms with Gasteiger partial charge in [0.25, 0.3) is 5.91 Å². The number of carbonyl (C=O) groups is 1. The molecule has 4 heteroatoms. The first-order chi connectivity index (χ1) is 9.60. The predicted octanol–water partition coefficient (Wildman–Crippen LogP) is 3.95. The molecule has 2 heterocycles. The Hall–Kier alpha value is -1.09. The van der Waals surface area contributed by atoms with Crippen molar-refractivity contribution in [1.29, 1.82) is 0 Å². The summed E-state index contributed by atoms with van der Waals surface area (Å²) in [6.07, 6.45) is 5.25. The third kappa shape index (κ3) is 3.95. The van der Waals surface area contributed by atoms with Gasteiger partial charge in [0, 0.05) is 24.3 Å². The van der Waals surface area contributed by atoms with Gasteiger partial charge in [-0.05, 0) is 43.7 Å². The first-order valence-corrected chi connectivity index (χ1v) is 7.93. The predicted molar refractivity (Wildman–Crippen MR) is 82.2 cm³/mol. The summed E-state index contributed by atoms with van der Waals surface area (Å²) in [7, 11) is 0. The van der Waals surface area contributed by atoms with Crippen molar-refractivity contribution in [3.63, 3.8) is 0 Å². The Morgan fingerprint density at radius 2 is 2.20 bits per heavy atom. The fourth-order valence-electron chi connectivity index (χ4n) is 2.71. The van der Waals surface area contributed by atoms with Crippen molar-refractivity contribution in [2.24, 2.45) is 5.92 Å². The molecule has 1 atom stereocenters. The average molecular weight is 295 g/mol. The van der Waals surface area contributed by atoms with E-state index in [-0.39, 0.29) is 5.91 Å². The highest BCUT2D eigenvalue weighted by atomic mass is 35.5. The topological polar surface area (TPSA) is 33.2 Å². The molecule has 0 radical (unpaired) electrons. The first-order valence-electron chi connectivity index (χ1n) is 7.56. The average Bonchev–Trinajstić information content (AvgIpc) is 2.62. The zero-order chi connectivity index (χ0) is 14.5. The van der Waals surface area contributed by atoms with Crippen LogP contribution in [0.5, 0.6) is 0 Å². The van der Waals surface area contributed by atoms with E-state index in [0.29, 0.717) is 16.6 Å². The molecule has 0 aromatic carbocycles. The van der Waals surface area contributed by atoms with Crippen LogP contribution in [0.1, 0.15) is 55.6 Å². The van der Waals surface area contributed by atoms with Crippen molar-refractivity contribution in [2.75, 3.05) is 13.1 Å². The molecule has 2 rings (SSSR count). The molecule has 0 aliphatic carbocycles. The van der Waals surface area contributed by atoms with Gasteiger partial charge in [0.2, 0.25) is 0 Å². The van der Waals surface area contributed by atoms with Gasteiger partial charge in [0.1, 0.15) is 5.15 Å². The Bertz CT molecular complexity index is 476. The first kappa shape index (κ1) is 15.3. The van der Waals surface area contributed by atoms with Crippen molar-refractivity contribution in [2.45, 2.75) is 46.0 Å². The highest BCUT2D eigenvalue weighted by molar-refractivity contribution is 6.29. The van der Waals surface area contributed by atoms with Crippen molar-refractivity contribution in [3.8, 4) is 0 Å². The molecule has 1 aromatic heterocycles. The van der Waals surface area contributed by atoms with Crippen LogP contribution in [0.2, 0.25) is 5.15 Å². The Kier molecular flexibility index (Phi) is 5.41. The van der Waals surface area contributed by atoms with Crippen molar-refractivity contribution in [3.05, 3.63) is 28.5 Å². The highest BCUT2D eigenvalue weighted by Gasteiger charge is 2.20. The van der Waals surface area contributed by atoms with Gasteiger partial charge in [-0.25, -0.2) is 4.98 Å². The summed E-state index contributed by atoms with van der Waals surface area (Å²) in [5, 5.41) is 0.419. The van der Waals surface area contributed by atoms with Gasteiger partial charge in [0.05, 0.1) is 0 Å². The molecular weight excluding hydrogens is 272 g/mol. The summed E-state index contributed by atoms with van der Waals surface area (Å²) >= 11 is 6.04. The van der Waals surface area contributed by atoms with Crippen LogP contribution in [-0.4, -0.2) is 28.9 Å². The van der Waals surface area contributed by atoms with E-state index in [1.165, 1.54) is 6.42 Å². The van der Waals surface area contributed by atoms with E-state index in [1.807, 2.05) is 11.0 Å². The zero-order valence-corrected chi connectivity index (χ0v) is 13.1. The monoisotopic (exact) mass is 294 g/mol. The molecule has 0 saturated carbocycles. The summed E-state index contributed by atoms with van der Waals surface area (Å²) in [4.78, 5) is 18.8. The number of rotatable bonds is 3. The molecule has 3 nitrogen and oxygen atoms in total. The number of amides is 1. The van der Waals surface area contributed by atoms with Crippen molar-refractivity contribution in [1.82, 2.24) is 9.88 Å². The lowest BCUT2D eigenvalue weighted by molar-refractivity contribution is 0.0760. The molecule has 110 valence electrons. The lowest BCUT2D eigenvalue weighted by Crippen LogP contribution is -2.32. The molecule has 1 aliphatic heterocycles. The van der Waals surface area contributed by atoms with Crippen molar-refractivity contribution >= 4 is 17.5 Å². The van der Waals surface area contributed by atoms with Gasteiger partial charge < -0.3 is 4.90 Å². The van der Waals surface area contributed by atoms with Crippen LogP contribution in [0.4, 0.5) is 0 Å². The number of carbonyl (C=O) groups excluding carboxylic acids is 1. The maximum atomic E-state index is 12.6. The molecule has 0 N–H and O–H groups in total. The zero-order valence-electron chi connectivity index (χ0n) is 12.4. The van der Waals surface area contributed by atoms with Crippen LogP contribution < -0.4 is 0 Å². The molecule has 20 heavy (non-hydrogen) atoms. The van der Waals surface area contributed by atoms with E-state index in [9.17, 15) is 4.79 Å². The van der Waals surface area contributed by atoms with Crippen LogP contribution in [0.3, 0.4) is 0 Å². The van der Waals surface area contributed by atoms with Crippen molar-refractivity contribution < 1.29 is 4.79 Å². The van der Waals surface area contributed by atoms with E-state index in [0.717, 1.165) is 44.5 Å². The summed E-state index contributed by atoms with van der Waals surface area (Å²) in [6, 6.07) is 3.59. The number of aromatic nitrogens is 1. The van der Waals surface area contributed by atoms with E-state index < -0.39 is 0 Å². The molecule has 1 fully saturated rings. The molecule has 1 aliphatic rings. The molecule has 1 unspecified atom stereocenters. The van der Waals surface area contributed by atoms with Gasteiger partial charge in [-0.3, -0.25) is 4.79 Å². The summed E-state index contributed by atoms with van der Waals surface area (Å²) in [5.41, 5.74) is 1.59. The summed E-state index contributed by atoms with van der Waals surface area (Å²) in [6.45, 7) is 6.06. The minimum atomic E-state index is 0.0979. The third-order valence-electron chi connectivity index (χ3n) is 3.90. The molecular formula is C16H23ClN2O. The van der Waals surface area contributed by atoms with Gasteiger partial charge in [-0.2, -0.15) is 0 Å². The van der Waals surface area contributed by atoms with Gasteiger partial charge >= 0.3 is 0 Å².